The molecule has 0 spiro atoms. The first-order valence-electron chi connectivity index (χ1n) is 7.05. The highest BCUT2D eigenvalue weighted by atomic mass is 32.2. The standard InChI is InChI=1S/C16H24O2S2/c1-9-6-7-13(16(18-5)10(9)2)15(17)14-8-19-11(3)12(4)20-14/h6-7,11-12,14-15,17H,8H2,1-5H3. The Morgan fingerprint density at radius 3 is 2.55 bits per heavy atom. The summed E-state index contributed by atoms with van der Waals surface area (Å²) in [5.41, 5.74) is 3.25. The molecule has 2 rings (SSSR count). The van der Waals surface area contributed by atoms with E-state index in [0.717, 1.165) is 22.6 Å². The molecule has 2 nitrogen and oxygen atoms in total. The van der Waals surface area contributed by atoms with Gasteiger partial charge in [0.2, 0.25) is 0 Å². The van der Waals surface area contributed by atoms with Gasteiger partial charge < -0.3 is 9.84 Å². The summed E-state index contributed by atoms with van der Waals surface area (Å²) in [4.78, 5) is 0. The van der Waals surface area contributed by atoms with Crippen LogP contribution in [0.25, 0.3) is 0 Å². The number of aliphatic hydroxyl groups excluding tert-OH is 1. The van der Waals surface area contributed by atoms with Gasteiger partial charge in [0.1, 0.15) is 5.75 Å². The normalized spacial score (nSPS) is 28.2. The van der Waals surface area contributed by atoms with E-state index in [2.05, 4.69) is 33.8 Å². The highest BCUT2D eigenvalue weighted by Gasteiger charge is 2.32. The minimum Gasteiger partial charge on any atom is -0.496 e. The predicted octanol–water partition coefficient (Wildman–Crippen LogP) is 3.97. The molecule has 0 saturated carbocycles. The maximum absolute atomic E-state index is 10.8. The monoisotopic (exact) mass is 312 g/mol. The van der Waals surface area contributed by atoms with Crippen molar-refractivity contribution in [1.29, 1.82) is 0 Å². The molecule has 4 heteroatoms. The van der Waals surface area contributed by atoms with Crippen molar-refractivity contribution in [3.63, 3.8) is 0 Å². The summed E-state index contributed by atoms with van der Waals surface area (Å²) >= 11 is 3.86. The minimum absolute atomic E-state index is 0.238. The lowest BCUT2D eigenvalue weighted by Gasteiger charge is -2.34. The second-order valence-corrected chi connectivity index (χ2v) is 8.52. The fourth-order valence-corrected chi connectivity index (χ4v) is 5.48. The maximum atomic E-state index is 10.8. The fourth-order valence-electron chi connectivity index (χ4n) is 2.49. The third-order valence-corrected chi connectivity index (χ3v) is 7.64. The average molecular weight is 313 g/mol. The molecule has 4 unspecified atom stereocenters. The Bertz CT molecular complexity index is 476. The summed E-state index contributed by atoms with van der Waals surface area (Å²) in [7, 11) is 1.69. The van der Waals surface area contributed by atoms with E-state index < -0.39 is 6.10 Å². The van der Waals surface area contributed by atoms with Gasteiger partial charge in [-0.05, 0) is 25.0 Å². The maximum Gasteiger partial charge on any atom is 0.127 e. The Morgan fingerprint density at radius 2 is 1.95 bits per heavy atom. The van der Waals surface area contributed by atoms with Crippen molar-refractivity contribution < 1.29 is 9.84 Å². The number of aryl methyl sites for hydroxylation is 1. The first-order chi connectivity index (χ1) is 9.45. The molecule has 1 fully saturated rings. The van der Waals surface area contributed by atoms with E-state index in [4.69, 9.17) is 4.74 Å². The SMILES string of the molecule is COc1c(C(O)C2CSC(C)C(C)S2)ccc(C)c1C. The van der Waals surface area contributed by atoms with Gasteiger partial charge in [0.15, 0.2) is 0 Å². The molecule has 0 aliphatic carbocycles. The third-order valence-electron chi connectivity index (χ3n) is 4.16. The van der Waals surface area contributed by atoms with Crippen molar-refractivity contribution in [2.24, 2.45) is 0 Å². The van der Waals surface area contributed by atoms with Gasteiger partial charge in [0, 0.05) is 27.1 Å². The van der Waals surface area contributed by atoms with Crippen LogP contribution in [0, 0.1) is 13.8 Å². The first kappa shape index (κ1) is 16.1. The second kappa shape index (κ2) is 6.63. The van der Waals surface area contributed by atoms with Gasteiger partial charge in [0.05, 0.1) is 13.2 Å². The van der Waals surface area contributed by atoms with Crippen LogP contribution in [0.2, 0.25) is 0 Å². The fraction of sp³-hybridized carbons (Fsp3) is 0.625. The number of benzene rings is 1. The molecule has 1 N–H and O–H groups in total. The number of rotatable bonds is 3. The summed E-state index contributed by atoms with van der Waals surface area (Å²) in [6.45, 7) is 8.64. The van der Waals surface area contributed by atoms with Crippen molar-refractivity contribution >= 4 is 23.5 Å². The van der Waals surface area contributed by atoms with Gasteiger partial charge in [-0.1, -0.05) is 26.0 Å². The molecule has 1 aromatic carbocycles. The predicted molar refractivity (Wildman–Crippen MR) is 90.2 cm³/mol. The smallest absolute Gasteiger partial charge is 0.127 e. The molecule has 1 heterocycles. The van der Waals surface area contributed by atoms with Crippen molar-refractivity contribution in [3.8, 4) is 5.75 Å². The number of hydrogen-bond acceptors (Lipinski definition) is 4. The topological polar surface area (TPSA) is 29.5 Å². The molecule has 0 amide bonds. The quantitative estimate of drug-likeness (QED) is 0.914. The number of ether oxygens (including phenoxy) is 1. The zero-order chi connectivity index (χ0) is 14.9. The van der Waals surface area contributed by atoms with Crippen LogP contribution < -0.4 is 4.74 Å². The molecular weight excluding hydrogens is 288 g/mol. The first-order valence-corrected chi connectivity index (χ1v) is 9.04. The highest BCUT2D eigenvalue weighted by Crippen LogP contribution is 2.43. The van der Waals surface area contributed by atoms with Gasteiger partial charge >= 0.3 is 0 Å². The summed E-state index contributed by atoms with van der Waals surface area (Å²) in [5, 5.41) is 12.2. The lowest BCUT2D eigenvalue weighted by atomic mass is 9.99. The molecule has 1 aliphatic heterocycles. The summed E-state index contributed by atoms with van der Waals surface area (Å²) < 4.78 is 5.54. The lowest BCUT2D eigenvalue weighted by Crippen LogP contribution is -2.30. The molecule has 1 aromatic rings. The molecular formula is C16H24O2S2. The number of methoxy groups -OCH3 is 1. The average Bonchev–Trinajstić information content (AvgIpc) is 2.44. The zero-order valence-corrected chi connectivity index (χ0v) is 14.5. The molecule has 20 heavy (non-hydrogen) atoms. The minimum atomic E-state index is -0.461. The van der Waals surface area contributed by atoms with Gasteiger partial charge in [0.25, 0.3) is 0 Å². The third kappa shape index (κ3) is 3.12. The number of thioether (sulfide) groups is 2. The van der Waals surface area contributed by atoms with Crippen LogP contribution in [0.15, 0.2) is 12.1 Å². The van der Waals surface area contributed by atoms with E-state index in [1.807, 2.05) is 29.6 Å². The largest absolute Gasteiger partial charge is 0.496 e. The molecule has 0 bridgehead atoms. The van der Waals surface area contributed by atoms with Crippen molar-refractivity contribution in [3.05, 3.63) is 28.8 Å². The van der Waals surface area contributed by atoms with E-state index >= 15 is 0 Å². The van der Waals surface area contributed by atoms with Crippen molar-refractivity contribution in [2.45, 2.75) is 49.5 Å². The van der Waals surface area contributed by atoms with Gasteiger partial charge in [-0.2, -0.15) is 23.5 Å². The lowest BCUT2D eigenvalue weighted by molar-refractivity contribution is 0.175. The van der Waals surface area contributed by atoms with E-state index in [0.29, 0.717) is 10.5 Å². The van der Waals surface area contributed by atoms with Gasteiger partial charge in [-0.15, -0.1) is 0 Å². The molecule has 0 aromatic heterocycles. The second-order valence-electron chi connectivity index (χ2n) is 5.49. The summed E-state index contributed by atoms with van der Waals surface area (Å²) in [6.07, 6.45) is -0.461. The molecule has 1 aliphatic rings. The van der Waals surface area contributed by atoms with Crippen molar-refractivity contribution in [1.82, 2.24) is 0 Å². The zero-order valence-electron chi connectivity index (χ0n) is 12.8. The van der Waals surface area contributed by atoms with Crippen LogP contribution in [0.5, 0.6) is 5.75 Å². The molecule has 1 saturated heterocycles. The summed E-state index contributed by atoms with van der Waals surface area (Å²) in [6, 6.07) is 4.09. The van der Waals surface area contributed by atoms with Crippen LogP contribution in [-0.2, 0) is 0 Å². The van der Waals surface area contributed by atoms with Gasteiger partial charge in [-0.25, -0.2) is 0 Å². The van der Waals surface area contributed by atoms with Crippen LogP contribution in [0.1, 0.15) is 36.6 Å². The van der Waals surface area contributed by atoms with E-state index in [1.165, 1.54) is 5.56 Å². The Morgan fingerprint density at radius 1 is 1.25 bits per heavy atom. The number of aliphatic hydroxyl groups is 1. The van der Waals surface area contributed by atoms with Crippen LogP contribution in [0.4, 0.5) is 0 Å². The van der Waals surface area contributed by atoms with Crippen molar-refractivity contribution in [2.75, 3.05) is 12.9 Å². The highest BCUT2D eigenvalue weighted by molar-refractivity contribution is 8.07. The molecule has 0 radical (unpaired) electrons. The van der Waals surface area contributed by atoms with Crippen LogP contribution >= 0.6 is 23.5 Å². The summed E-state index contributed by atoms with van der Waals surface area (Å²) in [5.74, 6) is 1.84. The van der Waals surface area contributed by atoms with E-state index in [9.17, 15) is 5.11 Å². The Balaban J connectivity index is 2.25. The van der Waals surface area contributed by atoms with Crippen LogP contribution in [0.3, 0.4) is 0 Å². The Kier molecular flexibility index (Phi) is 5.32. The van der Waals surface area contributed by atoms with E-state index in [-0.39, 0.29) is 5.25 Å². The van der Waals surface area contributed by atoms with Crippen LogP contribution in [-0.4, -0.2) is 33.7 Å². The van der Waals surface area contributed by atoms with Gasteiger partial charge in [-0.3, -0.25) is 0 Å². The number of hydrogen-bond donors (Lipinski definition) is 1. The van der Waals surface area contributed by atoms with E-state index in [1.54, 1.807) is 7.11 Å². The Labute approximate surface area is 130 Å². The Hall–Kier alpha value is -0.320. The molecule has 112 valence electrons. The molecule has 4 atom stereocenters.